The van der Waals surface area contributed by atoms with Gasteiger partial charge in [-0.05, 0) is 32.9 Å². The van der Waals surface area contributed by atoms with E-state index in [4.69, 9.17) is 4.74 Å². The number of hydrogen-bond donors (Lipinski definition) is 1. The topological polar surface area (TPSA) is 83.9 Å². The average Bonchev–Trinajstić information content (AvgIpc) is 2.79. The van der Waals surface area contributed by atoms with Gasteiger partial charge >= 0.3 is 6.09 Å². The van der Waals surface area contributed by atoms with Gasteiger partial charge in [-0.1, -0.05) is 18.2 Å². The number of β-amino-alcohol motifs (C(OH)–C–C–N with tert-alkyl or cyclic N) is 1. The summed E-state index contributed by atoms with van der Waals surface area (Å²) in [5.41, 5.74) is -0.629. The van der Waals surface area contributed by atoms with E-state index in [0.29, 0.717) is 0 Å². The molecular formula is C16H23NO5S. The summed E-state index contributed by atoms with van der Waals surface area (Å²) in [6, 6.07) is 8.12. The molecule has 6 nitrogen and oxygen atoms in total. The zero-order valence-corrected chi connectivity index (χ0v) is 14.4. The van der Waals surface area contributed by atoms with E-state index < -0.39 is 33.6 Å². The van der Waals surface area contributed by atoms with Gasteiger partial charge in [-0.2, -0.15) is 0 Å². The fourth-order valence-electron chi connectivity index (χ4n) is 2.50. The number of carbonyl (C=O) groups excluding carboxylic acids is 1. The van der Waals surface area contributed by atoms with Gasteiger partial charge in [0.1, 0.15) is 5.60 Å². The highest BCUT2D eigenvalue weighted by Crippen LogP contribution is 2.24. The van der Waals surface area contributed by atoms with Crippen LogP contribution in [0.15, 0.2) is 35.2 Å². The van der Waals surface area contributed by atoms with Crippen LogP contribution in [0, 0.1) is 5.92 Å². The molecule has 0 aromatic heterocycles. The van der Waals surface area contributed by atoms with E-state index >= 15 is 0 Å². The second-order valence-corrected chi connectivity index (χ2v) is 8.84. The molecule has 2 atom stereocenters. The Bertz CT molecular complexity index is 651. The lowest BCUT2D eigenvalue weighted by Crippen LogP contribution is -2.36. The summed E-state index contributed by atoms with van der Waals surface area (Å²) in [5.74, 6) is -0.718. The number of likely N-dealkylation sites (tertiary alicyclic amines) is 1. The van der Waals surface area contributed by atoms with Gasteiger partial charge < -0.3 is 14.7 Å². The number of nitrogens with zero attached hydrogens (tertiary/aromatic N) is 1. The molecule has 7 heteroatoms. The molecule has 0 spiro atoms. The fourth-order valence-corrected chi connectivity index (χ4v) is 4.15. The summed E-state index contributed by atoms with van der Waals surface area (Å²) in [6.45, 7) is 5.53. The molecule has 1 aromatic carbocycles. The van der Waals surface area contributed by atoms with Gasteiger partial charge in [0, 0.05) is 12.5 Å². The van der Waals surface area contributed by atoms with E-state index in [1.165, 1.54) is 17.0 Å². The minimum Gasteiger partial charge on any atom is -0.444 e. The molecule has 0 saturated carbocycles. The molecule has 23 heavy (non-hydrogen) atoms. The summed E-state index contributed by atoms with van der Waals surface area (Å²) >= 11 is 0. The molecule has 0 radical (unpaired) electrons. The monoisotopic (exact) mass is 341 g/mol. The Kier molecular flexibility index (Phi) is 5.01. The van der Waals surface area contributed by atoms with Gasteiger partial charge in [0.15, 0.2) is 9.84 Å². The number of sulfone groups is 1. The van der Waals surface area contributed by atoms with Crippen molar-refractivity contribution in [2.45, 2.75) is 37.4 Å². The van der Waals surface area contributed by atoms with E-state index in [-0.39, 0.29) is 23.7 Å². The quantitative estimate of drug-likeness (QED) is 0.904. The summed E-state index contributed by atoms with van der Waals surface area (Å²) in [6.07, 6.45) is -1.41. The molecular weight excluding hydrogens is 318 g/mol. The normalized spacial score (nSPS) is 22.2. The van der Waals surface area contributed by atoms with E-state index in [1.54, 1.807) is 39.0 Å². The predicted octanol–water partition coefficient (Wildman–Crippen LogP) is 1.69. The van der Waals surface area contributed by atoms with E-state index in [2.05, 4.69) is 0 Å². The van der Waals surface area contributed by atoms with Crippen molar-refractivity contribution in [3.05, 3.63) is 30.3 Å². The first kappa shape index (κ1) is 17.7. The molecule has 1 amide bonds. The third kappa shape index (κ3) is 4.68. The van der Waals surface area contributed by atoms with Crippen LogP contribution < -0.4 is 0 Å². The highest BCUT2D eigenvalue weighted by molar-refractivity contribution is 7.91. The van der Waals surface area contributed by atoms with Crippen LogP contribution in [0.3, 0.4) is 0 Å². The number of ether oxygens (including phenoxy) is 1. The maximum Gasteiger partial charge on any atom is 0.410 e. The molecule has 128 valence electrons. The molecule has 1 saturated heterocycles. The number of aliphatic hydroxyl groups excluding tert-OH is 1. The van der Waals surface area contributed by atoms with E-state index in [0.717, 1.165) is 0 Å². The van der Waals surface area contributed by atoms with Crippen molar-refractivity contribution in [3.8, 4) is 0 Å². The number of rotatable bonds is 3. The molecule has 0 bridgehead atoms. The average molecular weight is 341 g/mol. The second-order valence-electron chi connectivity index (χ2n) is 6.81. The highest BCUT2D eigenvalue weighted by atomic mass is 32.2. The molecule has 1 heterocycles. The molecule has 0 unspecified atom stereocenters. The second kappa shape index (κ2) is 6.49. The first-order valence-corrected chi connectivity index (χ1v) is 9.17. The van der Waals surface area contributed by atoms with Gasteiger partial charge in [-0.15, -0.1) is 0 Å². The Hall–Kier alpha value is -1.60. The summed E-state index contributed by atoms with van der Waals surface area (Å²) < 4.78 is 30.0. The third-order valence-corrected chi connectivity index (χ3v) is 5.45. The lowest BCUT2D eigenvalue weighted by molar-refractivity contribution is 0.0270. The van der Waals surface area contributed by atoms with Gasteiger partial charge in [-0.3, -0.25) is 0 Å². The maximum absolute atomic E-state index is 12.4. The summed E-state index contributed by atoms with van der Waals surface area (Å²) in [4.78, 5) is 13.6. The molecule has 1 fully saturated rings. The first-order valence-electron chi connectivity index (χ1n) is 7.52. The van der Waals surface area contributed by atoms with Crippen LogP contribution in [-0.2, 0) is 14.6 Å². The van der Waals surface area contributed by atoms with Crippen LogP contribution in [0.25, 0.3) is 0 Å². The number of aliphatic hydroxyl groups is 1. The largest absolute Gasteiger partial charge is 0.444 e. The van der Waals surface area contributed by atoms with Crippen LogP contribution in [0.2, 0.25) is 0 Å². The van der Waals surface area contributed by atoms with Crippen molar-refractivity contribution >= 4 is 15.9 Å². The van der Waals surface area contributed by atoms with Crippen molar-refractivity contribution < 1.29 is 23.1 Å². The summed E-state index contributed by atoms with van der Waals surface area (Å²) in [5, 5.41) is 10.1. The maximum atomic E-state index is 12.4. The van der Waals surface area contributed by atoms with Crippen molar-refractivity contribution in [2.24, 2.45) is 5.92 Å². The Morgan fingerprint density at radius 3 is 2.43 bits per heavy atom. The van der Waals surface area contributed by atoms with Crippen LogP contribution >= 0.6 is 0 Å². The lowest BCUT2D eigenvalue weighted by atomic mass is 10.1. The molecule has 1 N–H and O–H groups in total. The first-order chi connectivity index (χ1) is 10.6. The SMILES string of the molecule is CC(C)(C)OC(=O)N1C[C@@H](CS(=O)(=O)c2ccccc2)[C@H](O)C1. The minimum atomic E-state index is -3.50. The third-order valence-electron chi connectivity index (χ3n) is 3.59. The Balaban J connectivity index is 2.04. The van der Waals surface area contributed by atoms with Crippen molar-refractivity contribution in [3.63, 3.8) is 0 Å². The van der Waals surface area contributed by atoms with Crippen LogP contribution in [0.1, 0.15) is 20.8 Å². The summed E-state index contributed by atoms with van der Waals surface area (Å²) in [7, 11) is -3.50. The van der Waals surface area contributed by atoms with Crippen LogP contribution in [-0.4, -0.2) is 55.1 Å². The van der Waals surface area contributed by atoms with Gasteiger partial charge in [-0.25, -0.2) is 13.2 Å². The van der Waals surface area contributed by atoms with Gasteiger partial charge in [0.05, 0.1) is 23.3 Å². The fraction of sp³-hybridized carbons (Fsp3) is 0.562. The van der Waals surface area contributed by atoms with Gasteiger partial charge in [0.2, 0.25) is 0 Å². The molecule has 0 aliphatic carbocycles. The Labute approximate surface area is 137 Å². The molecule has 1 aromatic rings. The van der Waals surface area contributed by atoms with Crippen LogP contribution in [0.4, 0.5) is 4.79 Å². The smallest absolute Gasteiger partial charge is 0.410 e. The Morgan fingerprint density at radius 2 is 1.87 bits per heavy atom. The number of carbonyl (C=O) groups is 1. The lowest BCUT2D eigenvalue weighted by Gasteiger charge is -2.24. The zero-order chi connectivity index (χ0) is 17.3. The number of benzene rings is 1. The van der Waals surface area contributed by atoms with E-state index in [1.807, 2.05) is 0 Å². The molecule has 1 aliphatic rings. The van der Waals surface area contributed by atoms with E-state index in [9.17, 15) is 18.3 Å². The number of hydrogen-bond acceptors (Lipinski definition) is 5. The van der Waals surface area contributed by atoms with Crippen LogP contribution in [0.5, 0.6) is 0 Å². The zero-order valence-electron chi connectivity index (χ0n) is 13.6. The van der Waals surface area contributed by atoms with Crippen molar-refractivity contribution in [1.29, 1.82) is 0 Å². The van der Waals surface area contributed by atoms with Gasteiger partial charge in [0.25, 0.3) is 0 Å². The van der Waals surface area contributed by atoms with Crippen molar-refractivity contribution in [2.75, 3.05) is 18.8 Å². The number of amides is 1. The Morgan fingerprint density at radius 1 is 1.26 bits per heavy atom. The molecule has 2 rings (SSSR count). The predicted molar refractivity (Wildman–Crippen MR) is 85.8 cm³/mol. The minimum absolute atomic E-state index is 0.0872. The highest BCUT2D eigenvalue weighted by Gasteiger charge is 2.38. The van der Waals surface area contributed by atoms with Crippen molar-refractivity contribution in [1.82, 2.24) is 4.90 Å². The molecule has 1 aliphatic heterocycles. The standard InChI is InChI=1S/C16H23NO5S/c1-16(2,3)22-15(19)17-9-12(14(18)10-17)11-23(20,21)13-7-5-4-6-8-13/h4-8,12,14,18H,9-11H2,1-3H3/t12-,14+/m0/s1.